The van der Waals surface area contributed by atoms with Crippen molar-refractivity contribution in [1.82, 2.24) is 9.78 Å². The molecule has 0 atom stereocenters. The van der Waals surface area contributed by atoms with Crippen molar-refractivity contribution in [3.05, 3.63) is 64.3 Å². The van der Waals surface area contributed by atoms with Crippen molar-refractivity contribution < 1.29 is 23.8 Å². The van der Waals surface area contributed by atoms with Gasteiger partial charge in [-0.2, -0.15) is 10.4 Å². The molecule has 2 aromatic carbocycles. The number of rotatable bonds is 6. The molecule has 0 saturated heterocycles. The summed E-state index contributed by atoms with van der Waals surface area (Å²) >= 11 is 3.39. The Morgan fingerprint density at radius 1 is 1.10 bits per heavy atom. The lowest BCUT2D eigenvalue weighted by atomic mass is 10.0. The first-order chi connectivity index (χ1) is 14.5. The van der Waals surface area contributed by atoms with E-state index in [1.165, 1.54) is 18.9 Å². The van der Waals surface area contributed by atoms with E-state index in [-0.39, 0.29) is 23.6 Å². The van der Waals surface area contributed by atoms with Gasteiger partial charge in [-0.15, -0.1) is 0 Å². The van der Waals surface area contributed by atoms with Gasteiger partial charge in [0.1, 0.15) is 23.1 Å². The highest BCUT2D eigenvalue weighted by atomic mass is 79.9. The van der Waals surface area contributed by atoms with Crippen LogP contribution in [0, 0.1) is 11.3 Å². The number of carbonyl (C=O) groups excluding carboxylic acids is 2. The van der Waals surface area contributed by atoms with Gasteiger partial charge in [0.2, 0.25) is 0 Å². The Bertz CT molecular complexity index is 1140. The minimum Gasteiger partial charge on any atom is -0.478 e. The van der Waals surface area contributed by atoms with Crippen LogP contribution in [0.25, 0.3) is 16.9 Å². The van der Waals surface area contributed by atoms with Crippen LogP contribution >= 0.6 is 15.9 Å². The third-order valence-corrected chi connectivity index (χ3v) is 4.64. The van der Waals surface area contributed by atoms with E-state index in [2.05, 4.69) is 21.0 Å². The van der Waals surface area contributed by atoms with Gasteiger partial charge >= 0.3 is 11.9 Å². The molecule has 152 valence electrons. The van der Waals surface area contributed by atoms with Gasteiger partial charge in [0.25, 0.3) is 0 Å². The van der Waals surface area contributed by atoms with Crippen LogP contribution in [0.2, 0.25) is 0 Å². The molecular weight excluding hydrogens is 454 g/mol. The summed E-state index contributed by atoms with van der Waals surface area (Å²) in [4.78, 5) is 25.4. The summed E-state index contributed by atoms with van der Waals surface area (Å²) in [6.45, 7) is -0.203. The Morgan fingerprint density at radius 2 is 1.80 bits per heavy atom. The Kier molecular flexibility index (Phi) is 6.49. The van der Waals surface area contributed by atoms with E-state index < -0.39 is 11.9 Å². The van der Waals surface area contributed by atoms with Crippen molar-refractivity contribution in [3.8, 4) is 28.8 Å². The van der Waals surface area contributed by atoms with E-state index in [1.807, 2.05) is 12.1 Å². The fraction of sp³-hybridized carbons (Fsp3) is 0.143. The van der Waals surface area contributed by atoms with E-state index in [4.69, 9.17) is 19.5 Å². The number of para-hydroxylation sites is 1. The minimum atomic E-state index is -0.765. The molecule has 3 rings (SSSR count). The zero-order chi connectivity index (χ0) is 21.7. The molecule has 0 aliphatic rings. The first-order valence-corrected chi connectivity index (χ1v) is 9.45. The van der Waals surface area contributed by atoms with Crippen molar-refractivity contribution in [1.29, 1.82) is 5.26 Å². The molecule has 0 bridgehead atoms. The molecule has 0 N–H and O–H groups in total. The molecule has 0 unspecified atom stereocenters. The maximum atomic E-state index is 12.7. The van der Waals surface area contributed by atoms with Crippen molar-refractivity contribution >= 4 is 27.9 Å². The normalized spacial score (nSPS) is 10.2. The third kappa shape index (κ3) is 4.04. The van der Waals surface area contributed by atoms with Crippen molar-refractivity contribution in [2.45, 2.75) is 0 Å². The lowest BCUT2D eigenvalue weighted by molar-refractivity contribution is 0.0549. The lowest BCUT2D eigenvalue weighted by Crippen LogP contribution is -2.15. The standard InChI is InChI=1S/C21H16BrN3O5/c1-28-20(26)17-18(15-12-13(22)8-9-16(15)30-11-10-23)24-25(19(17)21(27)29-2)14-6-4-3-5-7-14/h3-9,12H,11H2,1-2H3. The Morgan fingerprint density at radius 3 is 2.43 bits per heavy atom. The molecule has 0 fully saturated rings. The molecule has 30 heavy (non-hydrogen) atoms. The summed E-state index contributed by atoms with van der Waals surface area (Å²) in [5.74, 6) is -1.20. The molecular formula is C21H16BrN3O5. The predicted molar refractivity (Wildman–Crippen MR) is 110 cm³/mol. The average Bonchev–Trinajstić information content (AvgIpc) is 3.18. The van der Waals surface area contributed by atoms with Crippen LogP contribution < -0.4 is 4.74 Å². The number of carbonyl (C=O) groups is 2. The summed E-state index contributed by atoms with van der Waals surface area (Å²) < 4.78 is 17.4. The van der Waals surface area contributed by atoms with Gasteiger partial charge in [0.15, 0.2) is 12.3 Å². The van der Waals surface area contributed by atoms with Crippen LogP contribution in [0.1, 0.15) is 20.8 Å². The zero-order valence-electron chi connectivity index (χ0n) is 16.1. The number of aromatic nitrogens is 2. The van der Waals surface area contributed by atoms with Gasteiger partial charge in [-0.1, -0.05) is 34.1 Å². The summed E-state index contributed by atoms with van der Waals surface area (Å²) in [6.07, 6.45) is 0. The molecule has 0 aliphatic heterocycles. The molecule has 0 aliphatic carbocycles. The number of halogens is 1. The highest BCUT2D eigenvalue weighted by Crippen LogP contribution is 2.36. The number of hydrogen-bond donors (Lipinski definition) is 0. The summed E-state index contributed by atoms with van der Waals surface area (Å²) in [5, 5.41) is 13.4. The predicted octanol–water partition coefficient (Wildman–Crippen LogP) is 3.78. The van der Waals surface area contributed by atoms with Crippen LogP contribution in [0.15, 0.2) is 53.0 Å². The van der Waals surface area contributed by atoms with E-state index >= 15 is 0 Å². The van der Waals surface area contributed by atoms with E-state index in [1.54, 1.807) is 42.5 Å². The SMILES string of the molecule is COC(=O)c1c(-c2cc(Br)ccc2OCC#N)nn(-c2ccccc2)c1C(=O)OC. The summed E-state index contributed by atoms with van der Waals surface area (Å²) in [7, 11) is 2.42. The quantitative estimate of drug-likeness (QED) is 0.505. The molecule has 0 amide bonds. The van der Waals surface area contributed by atoms with Crippen LogP contribution in [-0.2, 0) is 9.47 Å². The lowest BCUT2D eigenvalue weighted by Gasteiger charge is -2.09. The number of benzene rings is 2. The molecule has 0 radical (unpaired) electrons. The Hall–Kier alpha value is -3.64. The zero-order valence-corrected chi connectivity index (χ0v) is 17.7. The van der Waals surface area contributed by atoms with E-state index in [9.17, 15) is 9.59 Å². The van der Waals surface area contributed by atoms with Crippen molar-refractivity contribution in [2.24, 2.45) is 0 Å². The monoisotopic (exact) mass is 469 g/mol. The summed E-state index contributed by atoms with van der Waals surface area (Å²) in [6, 6.07) is 15.8. The molecule has 1 aromatic heterocycles. The number of ether oxygens (including phenoxy) is 3. The van der Waals surface area contributed by atoms with Crippen molar-refractivity contribution in [2.75, 3.05) is 20.8 Å². The largest absolute Gasteiger partial charge is 0.478 e. The first-order valence-electron chi connectivity index (χ1n) is 8.66. The van der Waals surface area contributed by atoms with Crippen LogP contribution in [0.5, 0.6) is 5.75 Å². The van der Waals surface area contributed by atoms with Gasteiger partial charge in [0, 0.05) is 10.0 Å². The number of nitrogens with zero attached hydrogens (tertiary/aromatic N) is 3. The number of nitriles is 1. The molecule has 8 nitrogen and oxygen atoms in total. The van der Waals surface area contributed by atoms with Crippen LogP contribution in [-0.4, -0.2) is 42.5 Å². The fourth-order valence-electron chi connectivity index (χ4n) is 2.87. The van der Waals surface area contributed by atoms with Gasteiger partial charge in [-0.25, -0.2) is 14.3 Å². The topological polar surface area (TPSA) is 103 Å². The highest BCUT2D eigenvalue weighted by molar-refractivity contribution is 9.10. The Balaban J connectivity index is 2.37. The number of esters is 2. The summed E-state index contributed by atoms with van der Waals surface area (Å²) in [5.41, 5.74) is 0.939. The molecule has 1 heterocycles. The second-order valence-electron chi connectivity index (χ2n) is 5.89. The Labute approximate surface area is 180 Å². The molecule has 9 heteroatoms. The fourth-order valence-corrected chi connectivity index (χ4v) is 3.23. The van der Waals surface area contributed by atoms with Gasteiger partial charge in [-0.3, -0.25) is 0 Å². The average molecular weight is 470 g/mol. The maximum Gasteiger partial charge on any atom is 0.357 e. The smallest absolute Gasteiger partial charge is 0.357 e. The molecule has 3 aromatic rings. The third-order valence-electron chi connectivity index (χ3n) is 4.14. The van der Waals surface area contributed by atoms with Crippen LogP contribution in [0.3, 0.4) is 0 Å². The minimum absolute atomic E-state index is 0.0758. The van der Waals surface area contributed by atoms with E-state index in [0.717, 1.165) is 0 Å². The number of methoxy groups -OCH3 is 2. The van der Waals surface area contributed by atoms with Crippen LogP contribution in [0.4, 0.5) is 0 Å². The van der Waals surface area contributed by atoms with Gasteiger partial charge < -0.3 is 14.2 Å². The number of hydrogen-bond acceptors (Lipinski definition) is 7. The van der Waals surface area contributed by atoms with Gasteiger partial charge in [-0.05, 0) is 30.3 Å². The first kappa shape index (κ1) is 21.1. The molecule has 0 spiro atoms. The maximum absolute atomic E-state index is 12.7. The van der Waals surface area contributed by atoms with Crippen molar-refractivity contribution in [3.63, 3.8) is 0 Å². The molecule has 0 saturated carbocycles. The highest BCUT2D eigenvalue weighted by Gasteiger charge is 2.32. The second kappa shape index (κ2) is 9.24. The van der Waals surface area contributed by atoms with E-state index in [0.29, 0.717) is 21.5 Å². The van der Waals surface area contributed by atoms with Gasteiger partial charge in [0.05, 0.1) is 19.9 Å². The second-order valence-corrected chi connectivity index (χ2v) is 6.81.